The van der Waals surface area contributed by atoms with Crippen LogP contribution in [0.3, 0.4) is 0 Å². The number of alkyl halides is 4. The zero-order chi connectivity index (χ0) is 15.3. The first kappa shape index (κ1) is 16.5. The molecule has 0 aromatic carbocycles. The highest BCUT2D eigenvalue weighted by Gasteiger charge is 2.34. The lowest BCUT2D eigenvalue weighted by Gasteiger charge is -2.15. The molecule has 0 radical (unpaired) electrons. The minimum absolute atomic E-state index is 0.194. The van der Waals surface area contributed by atoms with Crippen molar-refractivity contribution in [3.8, 4) is 11.6 Å². The molecule has 1 rings (SSSR count). The first-order valence-corrected chi connectivity index (χ1v) is 6.38. The summed E-state index contributed by atoms with van der Waals surface area (Å²) in [6.07, 6.45) is -5.16. The average Bonchev–Trinajstić information content (AvgIpc) is 2.36. The van der Waals surface area contributed by atoms with Gasteiger partial charge in [-0.15, -0.1) is 13.2 Å². The number of rotatable bonds is 5. The van der Waals surface area contributed by atoms with E-state index < -0.39 is 18.2 Å². The van der Waals surface area contributed by atoms with E-state index in [1.165, 1.54) is 13.2 Å². The maximum atomic E-state index is 12.3. The van der Waals surface area contributed by atoms with Crippen LogP contribution in [0.1, 0.15) is 11.3 Å². The molecule has 5 nitrogen and oxygen atoms in total. The Morgan fingerprint density at radius 1 is 1.40 bits per heavy atom. The van der Waals surface area contributed by atoms with E-state index in [4.69, 9.17) is 4.74 Å². The van der Waals surface area contributed by atoms with Crippen LogP contribution >= 0.6 is 15.9 Å². The van der Waals surface area contributed by atoms with Crippen LogP contribution in [0.25, 0.3) is 0 Å². The largest absolute Gasteiger partial charge is 0.574 e. The standard InChI is InChI=1S/C11H11BrF3NO4/c1-18-8(17)4-6-3-7(5-12)16-10(9(6)19-2)20-11(13,14)15/h3H,4-5H2,1-2H3. The predicted octanol–water partition coefficient (Wildman–Crippen LogP) is 2.60. The third-order valence-corrected chi connectivity index (χ3v) is 2.76. The van der Waals surface area contributed by atoms with Gasteiger partial charge in [0.1, 0.15) is 0 Å². The van der Waals surface area contributed by atoms with Gasteiger partial charge in [-0.2, -0.15) is 0 Å². The van der Waals surface area contributed by atoms with Crippen molar-refractivity contribution in [1.29, 1.82) is 0 Å². The van der Waals surface area contributed by atoms with Crippen LogP contribution in [0.15, 0.2) is 6.07 Å². The Hall–Kier alpha value is -1.51. The summed E-state index contributed by atoms with van der Waals surface area (Å²) in [6.45, 7) is 0. The highest BCUT2D eigenvalue weighted by Crippen LogP contribution is 2.34. The van der Waals surface area contributed by atoms with Gasteiger partial charge < -0.3 is 14.2 Å². The minimum Gasteiger partial charge on any atom is -0.491 e. The van der Waals surface area contributed by atoms with Crippen molar-refractivity contribution in [2.75, 3.05) is 14.2 Å². The molecular formula is C11H11BrF3NO4. The van der Waals surface area contributed by atoms with E-state index in [-0.39, 0.29) is 28.8 Å². The normalized spacial score (nSPS) is 11.1. The molecule has 0 atom stereocenters. The van der Waals surface area contributed by atoms with E-state index in [1.54, 1.807) is 0 Å². The number of esters is 1. The summed E-state index contributed by atoms with van der Waals surface area (Å²) in [6, 6.07) is 1.44. The Bertz CT molecular complexity index is 493. The highest BCUT2D eigenvalue weighted by atomic mass is 79.9. The molecule has 0 aliphatic carbocycles. The fraction of sp³-hybridized carbons (Fsp3) is 0.455. The van der Waals surface area contributed by atoms with E-state index >= 15 is 0 Å². The number of halogens is 4. The van der Waals surface area contributed by atoms with Gasteiger partial charge in [-0.1, -0.05) is 15.9 Å². The van der Waals surface area contributed by atoms with Gasteiger partial charge in [-0.05, 0) is 6.07 Å². The van der Waals surface area contributed by atoms with Crippen LogP contribution in [0.5, 0.6) is 11.6 Å². The van der Waals surface area contributed by atoms with E-state index in [0.717, 1.165) is 7.11 Å². The fourth-order valence-electron chi connectivity index (χ4n) is 1.44. The molecular weight excluding hydrogens is 347 g/mol. The zero-order valence-electron chi connectivity index (χ0n) is 10.6. The summed E-state index contributed by atoms with van der Waals surface area (Å²) >= 11 is 3.08. The molecule has 0 saturated heterocycles. The van der Waals surface area contributed by atoms with Crippen LogP contribution in [0.2, 0.25) is 0 Å². The Labute approximate surface area is 121 Å². The van der Waals surface area contributed by atoms with Crippen LogP contribution in [0.4, 0.5) is 13.2 Å². The number of pyridine rings is 1. The second-order valence-electron chi connectivity index (χ2n) is 3.55. The molecule has 1 aromatic heterocycles. The molecule has 9 heteroatoms. The summed E-state index contributed by atoms with van der Waals surface area (Å²) in [5, 5.41) is 0.194. The van der Waals surface area contributed by atoms with Crippen LogP contribution < -0.4 is 9.47 Å². The summed E-state index contributed by atoms with van der Waals surface area (Å²) in [4.78, 5) is 14.9. The Balaban J connectivity index is 3.27. The van der Waals surface area contributed by atoms with Gasteiger partial charge >= 0.3 is 12.3 Å². The second kappa shape index (κ2) is 6.78. The second-order valence-corrected chi connectivity index (χ2v) is 4.11. The molecule has 0 spiro atoms. The predicted molar refractivity (Wildman–Crippen MR) is 65.8 cm³/mol. The van der Waals surface area contributed by atoms with Gasteiger partial charge in [0.2, 0.25) is 0 Å². The highest BCUT2D eigenvalue weighted by molar-refractivity contribution is 9.08. The maximum Gasteiger partial charge on any atom is 0.574 e. The quantitative estimate of drug-likeness (QED) is 0.598. The number of carbonyl (C=O) groups is 1. The third kappa shape index (κ3) is 4.55. The minimum atomic E-state index is -4.91. The number of aromatic nitrogens is 1. The lowest BCUT2D eigenvalue weighted by Crippen LogP contribution is -2.19. The Morgan fingerprint density at radius 2 is 2.05 bits per heavy atom. The average molecular weight is 358 g/mol. The van der Waals surface area contributed by atoms with Crippen molar-refractivity contribution in [3.63, 3.8) is 0 Å². The number of methoxy groups -OCH3 is 2. The molecule has 0 N–H and O–H groups in total. The number of ether oxygens (including phenoxy) is 3. The first-order valence-electron chi connectivity index (χ1n) is 5.26. The molecule has 0 aliphatic rings. The van der Waals surface area contributed by atoms with Crippen LogP contribution in [-0.2, 0) is 21.3 Å². The molecule has 1 aromatic rings. The molecule has 0 amide bonds. The van der Waals surface area contributed by atoms with E-state index in [2.05, 4.69) is 30.4 Å². The summed E-state index contributed by atoms with van der Waals surface area (Å²) in [7, 11) is 2.34. The van der Waals surface area contributed by atoms with Gasteiger partial charge in [-0.3, -0.25) is 4.79 Å². The van der Waals surface area contributed by atoms with Crippen LogP contribution in [-0.4, -0.2) is 31.5 Å². The van der Waals surface area contributed by atoms with Crippen LogP contribution in [0, 0.1) is 0 Å². The molecule has 1 heterocycles. The maximum absolute atomic E-state index is 12.3. The van der Waals surface area contributed by atoms with Gasteiger partial charge in [0.15, 0.2) is 5.75 Å². The fourth-order valence-corrected chi connectivity index (χ4v) is 1.73. The topological polar surface area (TPSA) is 57.7 Å². The van der Waals surface area contributed by atoms with Crippen molar-refractivity contribution in [3.05, 3.63) is 17.3 Å². The zero-order valence-corrected chi connectivity index (χ0v) is 12.2. The molecule has 0 bridgehead atoms. The van der Waals surface area contributed by atoms with E-state index in [0.29, 0.717) is 0 Å². The van der Waals surface area contributed by atoms with Gasteiger partial charge in [0.25, 0.3) is 5.88 Å². The molecule has 0 unspecified atom stereocenters. The summed E-state index contributed by atoms with van der Waals surface area (Å²) in [5.41, 5.74) is 0.465. The van der Waals surface area contributed by atoms with Crippen molar-refractivity contribution in [1.82, 2.24) is 4.98 Å². The first-order chi connectivity index (χ1) is 9.30. The van der Waals surface area contributed by atoms with E-state index in [1.807, 2.05) is 0 Å². The van der Waals surface area contributed by atoms with Crippen molar-refractivity contribution < 1.29 is 32.2 Å². The Morgan fingerprint density at radius 3 is 2.50 bits per heavy atom. The summed E-state index contributed by atoms with van der Waals surface area (Å²) < 4.78 is 50.1. The van der Waals surface area contributed by atoms with E-state index in [9.17, 15) is 18.0 Å². The lowest BCUT2D eigenvalue weighted by atomic mass is 10.1. The molecule has 0 saturated carbocycles. The third-order valence-electron chi connectivity index (χ3n) is 2.19. The molecule has 112 valence electrons. The number of nitrogens with zero attached hydrogens (tertiary/aromatic N) is 1. The van der Waals surface area contributed by atoms with Gasteiger partial charge in [0.05, 0.1) is 26.3 Å². The summed E-state index contributed by atoms with van der Waals surface area (Å²) in [5.74, 6) is -1.61. The Kier molecular flexibility index (Phi) is 5.61. The van der Waals surface area contributed by atoms with Crippen molar-refractivity contribution >= 4 is 21.9 Å². The molecule has 0 fully saturated rings. The molecule has 20 heavy (non-hydrogen) atoms. The lowest BCUT2D eigenvalue weighted by molar-refractivity contribution is -0.276. The monoisotopic (exact) mass is 357 g/mol. The SMILES string of the molecule is COC(=O)Cc1cc(CBr)nc(OC(F)(F)F)c1OC. The number of carbonyl (C=O) groups excluding carboxylic acids is 1. The van der Waals surface area contributed by atoms with Crippen molar-refractivity contribution in [2.24, 2.45) is 0 Å². The van der Waals surface area contributed by atoms with Gasteiger partial charge in [-0.25, -0.2) is 4.98 Å². The molecule has 0 aliphatic heterocycles. The van der Waals surface area contributed by atoms with Gasteiger partial charge in [0, 0.05) is 10.9 Å². The smallest absolute Gasteiger partial charge is 0.491 e. The number of hydrogen-bond acceptors (Lipinski definition) is 5. The number of hydrogen-bond donors (Lipinski definition) is 0. The van der Waals surface area contributed by atoms with Crippen molar-refractivity contribution in [2.45, 2.75) is 18.1 Å².